The zero-order chi connectivity index (χ0) is 17.2. The molecule has 0 aliphatic carbocycles. The van der Waals surface area contributed by atoms with Crippen molar-refractivity contribution in [3.05, 3.63) is 46.4 Å². The zero-order valence-electron chi connectivity index (χ0n) is 14.7. The van der Waals surface area contributed by atoms with Gasteiger partial charge >= 0.3 is 0 Å². The van der Waals surface area contributed by atoms with Crippen molar-refractivity contribution in [2.45, 2.75) is 26.8 Å². The standard InChI is InChI=1S/C18H27N5S/c1-4-23(16-9-6-5-7-10-16)12-8-11-20-18(19-3)22-14-17-21-13-15(2)24-17/h5-7,9-10,13H,4,8,11-12,14H2,1-3H3,(H2,19,20,22). The summed E-state index contributed by atoms with van der Waals surface area (Å²) in [5, 5.41) is 7.75. The fraction of sp³-hybridized carbons (Fsp3) is 0.444. The zero-order valence-corrected chi connectivity index (χ0v) is 15.6. The van der Waals surface area contributed by atoms with E-state index >= 15 is 0 Å². The molecule has 24 heavy (non-hydrogen) atoms. The van der Waals surface area contributed by atoms with Crippen LogP contribution in [0.4, 0.5) is 5.69 Å². The van der Waals surface area contributed by atoms with E-state index in [4.69, 9.17) is 0 Å². The Bertz CT molecular complexity index is 623. The van der Waals surface area contributed by atoms with Crippen LogP contribution < -0.4 is 15.5 Å². The minimum atomic E-state index is 0.712. The van der Waals surface area contributed by atoms with Crippen LogP contribution in [0.3, 0.4) is 0 Å². The summed E-state index contributed by atoms with van der Waals surface area (Å²) in [4.78, 5) is 12.2. The Morgan fingerprint density at radius 1 is 1.25 bits per heavy atom. The number of nitrogens with one attached hydrogen (secondary N) is 2. The highest BCUT2D eigenvalue weighted by atomic mass is 32.1. The van der Waals surface area contributed by atoms with Crippen LogP contribution in [0, 0.1) is 6.92 Å². The summed E-state index contributed by atoms with van der Waals surface area (Å²) in [5.41, 5.74) is 1.28. The number of benzene rings is 1. The van der Waals surface area contributed by atoms with Crippen LogP contribution in [0.5, 0.6) is 0 Å². The summed E-state index contributed by atoms with van der Waals surface area (Å²) >= 11 is 1.71. The van der Waals surface area contributed by atoms with Gasteiger partial charge in [0.2, 0.25) is 0 Å². The Morgan fingerprint density at radius 2 is 2.04 bits per heavy atom. The molecule has 0 amide bonds. The molecule has 0 aliphatic heterocycles. The van der Waals surface area contributed by atoms with E-state index in [2.05, 4.69) is 69.7 Å². The molecule has 0 bridgehead atoms. The minimum absolute atomic E-state index is 0.712. The monoisotopic (exact) mass is 345 g/mol. The number of aromatic nitrogens is 1. The molecule has 1 aromatic carbocycles. The quantitative estimate of drug-likeness (QED) is 0.439. The van der Waals surface area contributed by atoms with E-state index in [0.717, 1.165) is 37.0 Å². The molecule has 0 fully saturated rings. The molecule has 0 unspecified atom stereocenters. The molecule has 130 valence electrons. The highest BCUT2D eigenvalue weighted by Gasteiger charge is 2.04. The molecule has 2 aromatic rings. The van der Waals surface area contributed by atoms with E-state index < -0.39 is 0 Å². The second-order valence-electron chi connectivity index (χ2n) is 5.49. The van der Waals surface area contributed by atoms with Crippen LogP contribution in [0.1, 0.15) is 23.2 Å². The smallest absolute Gasteiger partial charge is 0.191 e. The second-order valence-corrected chi connectivity index (χ2v) is 6.81. The van der Waals surface area contributed by atoms with Gasteiger partial charge in [-0.2, -0.15) is 0 Å². The van der Waals surface area contributed by atoms with Gasteiger partial charge in [-0.25, -0.2) is 4.98 Å². The average molecular weight is 346 g/mol. The third kappa shape index (κ3) is 5.85. The van der Waals surface area contributed by atoms with E-state index in [-0.39, 0.29) is 0 Å². The maximum Gasteiger partial charge on any atom is 0.191 e. The van der Waals surface area contributed by atoms with Gasteiger partial charge in [0.05, 0.1) is 6.54 Å². The van der Waals surface area contributed by atoms with Crippen molar-refractivity contribution >= 4 is 23.0 Å². The number of anilines is 1. The predicted octanol–water partition coefficient (Wildman–Crippen LogP) is 3.03. The summed E-state index contributed by atoms with van der Waals surface area (Å²) in [6, 6.07) is 10.5. The number of aliphatic imine (C=N–C) groups is 1. The fourth-order valence-corrected chi connectivity index (χ4v) is 3.18. The van der Waals surface area contributed by atoms with Crippen LogP contribution in [-0.2, 0) is 6.54 Å². The van der Waals surface area contributed by atoms with Crippen molar-refractivity contribution in [1.82, 2.24) is 15.6 Å². The number of thiazole rings is 1. The Hall–Kier alpha value is -2.08. The van der Waals surface area contributed by atoms with Gasteiger partial charge in [0.25, 0.3) is 0 Å². The second kappa shape index (κ2) is 9.93. The van der Waals surface area contributed by atoms with Crippen molar-refractivity contribution in [1.29, 1.82) is 0 Å². The Kier molecular flexibility index (Phi) is 7.55. The average Bonchev–Trinajstić information content (AvgIpc) is 3.03. The van der Waals surface area contributed by atoms with E-state index in [1.807, 2.05) is 6.20 Å². The molecule has 1 heterocycles. The number of nitrogens with zero attached hydrogens (tertiary/aromatic N) is 3. The molecule has 2 N–H and O–H groups in total. The normalized spacial score (nSPS) is 11.4. The highest BCUT2D eigenvalue weighted by molar-refractivity contribution is 7.11. The first-order valence-corrected chi connectivity index (χ1v) is 9.20. The lowest BCUT2D eigenvalue weighted by atomic mass is 10.2. The van der Waals surface area contributed by atoms with Gasteiger partial charge < -0.3 is 15.5 Å². The van der Waals surface area contributed by atoms with Crippen LogP contribution in [0.15, 0.2) is 41.5 Å². The van der Waals surface area contributed by atoms with E-state index in [1.54, 1.807) is 18.4 Å². The largest absolute Gasteiger partial charge is 0.372 e. The maximum atomic E-state index is 4.35. The van der Waals surface area contributed by atoms with Gasteiger partial charge in [0.15, 0.2) is 5.96 Å². The van der Waals surface area contributed by atoms with Crippen LogP contribution in [0.2, 0.25) is 0 Å². The summed E-state index contributed by atoms with van der Waals surface area (Å²) in [5.74, 6) is 0.825. The minimum Gasteiger partial charge on any atom is -0.372 e. The van der Waals surface area contributed by atoms with E-state index in [0.29, 0.717) is 6.54 Å². The van der Waals surface area contributed by atoms with Crippen LogP contribution in [-0.4, -0.2) is 37.6 Å². The number of hydrogen-bond donors (Lipinski definition) is 2. The summed E-state index contributed by atoms with van der Waals surface area (Å²) in [6.07, 6.45) is 2.96. The fourth-order valence-electron chi connectivity index (χ4n) is 2.45. The van der Waals surface area contributed by atoms with Crippen molar-refractivity contribution < 1.29 is 0 Å². The molecule has 5 nitrogen and oxygen atoms in total. The lowest BCUT2D eigenvalue weighted by molar-refractivity contribution is 0.708. The van der Waals surface area contributed by atoms with Gasteiger partial charge in [-0.15, -0.1) is 11.3 Å². The maximum absolute atomic E-state index is 4.35. The molecule has 1 aromatic heterocycles. The van der Waals surface area contributed by atoms with Crippen LogP contribution >= 0.6 is 11.3 Å². The molecule has 0 spiro atoms. The molecular formula is C18H27N5S. The van der Waals surface area contributed by atoms with Gasteiger partial charge in [0.1, 0.15) is 5.01 Å². The SMILES string of the molecule is CCN(CCCNC(=NC)NCc1ncc(C)s1)c1ccccc1. The number of guanidine groups is 1. The van der Waals surface area contributed by atoms with Crippen molar-refractivity contribution in [3.8, 4) is 0 Å². The molecule has 0 atom stereocenters. The number of para-hydroxylation sites is 1. The van der Waals surface area contributed by atoms with Gasteiger partial charge in [-0.05, 0) is 32.4 Å². The first kappa shape index (κ1) is 18.3. The first-order valence-electron chi connectivity index (χ1n) is 8.38. The predicted molar refractivity (Wildman–Crippen MR) is 104 cm³/mol. The third-order valence-corrected chi connectivity index (χ3v) is 4.61. The molecule has 6 heteroatoms. The first-order chi connectivity index (χ1) is 11.7. The van der Waals surface area contributed by atoms with Gasteiger partial charge in [-0.3, -0.25) is 4.99 Å². The molecule has 2 rings (SSSR count). The Balaban J connectivity index is 1.69. The summed E-state index contributed by atoms with van der Waals surface area (Å²) < 4.78 is 0. The summed E-state index contributed by atoms with van der Waals surface area (Å²) in [7, 11) is 1.80. The van der Waals surface area contributed by atoms with E-state index in [1.165, 1.54) is 10.6 Å². The lowest BCUT2D eigenvalue weighted by Gasteiger charge is -2.23. The Morgan fingerprint density at radius 3 is 2.67 bits per heavy atom. The van der Waals surface area contributed by atoms with Crippen molar-refractivity contribution in [3.63, 3.8) is 0 Å². The topological polar surface area (TPSA) is 52.5 Å². The molecular weight excluding hydrogens is 318 g/mol. The van der Waals surface area contributed by atoms with Crippen molar-refractivity contribution in [2.75, 3.05) is 31.6 Å². The van der Waals surface area contributed by atoms with Crippen LogP contribution in [0.25, 0.3) is 0 Å². The third-order valence-electron chi connectivity index (χ3n) is 3.70. The van der Waals surface area contributed by atoms with Gasteiger partial charge in [0, 0.05) is 43.4 Å². The molecule has 0 radical (unpaired) electrons. The molecule has 0 aliphatic rings. The van der Waals surface area contributed by atoms with Gasteiger partial charge in [-0.1, -0.05) is 18.2 Å². The molecule has 0 saturated heterocycles. The Labute approximate surface area is 148 Å². The highest BCUT2D eigenvalue weighted by Crippen LogP contribution is 2.12. The van der Waals surface area contributed by atoms with E-state index in [9.17, 15) is 0 Å². The number of rotatable bonds is 8. The number of aryl methyl sites for hydroxylation is 1. The lowest BCUT2D eigenvalue weighted by Crippen LogP contribution is -2.38. The molecule has 0 saturated carbocycles. The summed E-state index contributed by atoms with van der Waals surface area (Å²) in [6.45, 7) is 7.90. The van der Waals surface area contributed by atoms with Crippen molar-refractivity contribution in [2.24, 2.45) is 4.99 Å². The number of hydrogen-bond acceptors (Lipinski definition) is 4.